The maximum absolute atomic E-state index is 11.8. The van der Waals surface area contributed by atoms with E-state index in [1.54, 1.807) is 17.0 Å². The van der Waals surface area contributed by atoms with Crippen molar-refractivity contribution in [1.29, 1.82) is 0 Å². The topological polar surface area (TPSA) is 107 Å². The fraction of sp³-hybridized carbons (Fsp3) is 0.385. The van der Waals surface area contributed by atoms with E-state index in [9.17, 15) is 13.2 Å². The molecular weight excluding hydrogens is 294 g/mol. The number of hydrogen-bond acceptors (Lipinski definition) is 6. The highest BCUT2D eigenvalue weighted by atomic mass is 32.2. The van der Waals surface area contributed by atoms with Crippen molar-refractivity contribution < 1.29 is 17.6 Å². The molecule has 2 aliphatic heterocycles. The van der Waals surface area contributed by atoms with Gasteiger partial charge in [0, 0.05) is 13.1 Å². The van der Waals surface area contributed by atoms with Crippen LogP contribution in [0.4, 0.5) is 6.01 Å². The van der Waals surface area contributed by atoms with Crippen LogP contribution in [-0.2, 0) is 9.84 Å². The Hall–Kier alpha value is -2.09. The Morgan fingerprint density at radius 1 is 1.48 bits per heavy atom. The zero-order valence-electron chi connectivity index (χ0n) is 11.0. The molecule has 0 bridgehead atoms. The first-order valence-electron chi connectivity index (χ1n) is 6.50. The van der Waals surface area contributed by atoms with Crippen LogP contribution in [0.5, 0.6) is 0 Å². The summed E-state index contributed by atoms with van der Waals surface area (Å²) in [6.45, 7) is 0.773. The quantitative estimate of drug-likeness (QED) is 0.843. The second-order valence-electron chi connectivity index (χ2n) is 5.53. The van der Waals surface area contributed by atoms with Crippen LogP contribution in [0.25, 0.3) is 11.1 Å². The standard InChI is InChI=1S/C13H12N3O4S/c14-11(17)8-2-1-3-9-10(8)15-12(20-9)16-6-13(7-16)4-5-21(13,18)19/h1,3H,4-7H2,(H2,14,17). The van der Waals surface area contributed by atoms with Crippen LogP contribution in [0.2, 0.25) is 0 Å². The van der Waals surface area contributed by atoms with Crippen molar-refractivity contribution in [2.24, 2.45) is 5.73 Å². The molecule has 2 aliphatic rings. The summed E-state index contributed by atoms with van der Waals surface area (Å²) >= 11 is 0. The lowest BCUT2D eigenvalue weighted by atomic mass is 9.95. The summed E-state index contributed by atoms with van der Waals surface area (Å²) in [7, 11) is -2.97. The molecule has 4 rings (SSSR count). The average Bonchev–Trinajstić information content (AvgIpc) is 2.78. The second-order valence-corrected chi connectivity index (χ2v) is 8.04. The number of anilines is 1. The minimum Gasteiger partial charge on any atom is -0.423 e. The van der Waals surface area contributed by atoms with Crippen molar-refractivity contribution in [3.8, 4) is 0 Å². The maximum atomic E-state index is 11.8. The summed E-state index contributed by atoms with van der Waals surface area (Å²) in [5.74, 6) is -0.364. The lowest BCUT2D eigenvalue weighted by Gasteiger charge is -2.53. The van der Waals surface area contributed by atoms with Gasteiger partial charge in [-0.2, -0.15) is 4.98 Å². The molecule has 0 saturated carbocycles. The number of nitrogens with two attached hydrogens (primary N) is 1. The van der Waals surface area contributed by atoms with Crippen LogP contribution >= 0.6 is 0 Å². The zero-order valence-corrected chi connectivity index (χ0v) is 11.8. The molecule has 3 heterocycles. The van der Waals surface area contributed by atoms with Gasteiger partial charge in [-0.15, -0.1) is 0 Å². The van der Waals surface area contributed by atoms with Gasteiger partial charge in [-0.3, -0.25) is 4.79 Å². The van der Waals surface area contributed by atoms with E-state index in [2.05, 4.69) is 11.1 Å². The molecule has 0 aliphatic carbocycles. The number of primary amides is 1. The molecule has 1 aromatic heterocycles. The third-order valence-corrected chi connectivity index (χ3v) is 6.83. The predicted molar refractivity (Wildman–Crippen MR) is 74.7 cm³/mol. The third kappa shape index (κ3) is 1.56. The van der Waals surface area contributed by atoms with E-state index in [-0.39, 0.29) is 11.3 Å². The number of benzene rings is 1. The van der Waals surface area contributed by atoms with Crippen molar-refractivity contribution in [3.05, 3.63) is 23.8 Å². The Bertz CT molecular complexity index is 865. The lowest BCUT2D eigenvalue weighted by molar-refractivity contribution is 0.100. The van der Waals surface area contributed by atoms with Crippen LogP contribution in [-0.4, -0.2) is 42.9 Å². The Balaban J connectivity index is 1.68. The number of oxazole rings is 1. The van der Waals surface area contributed by atoms with E-state index >= 15 is 0 Å². The minimum absolute atomic E-state index is 0.175. The van der Waals surface area contributed by atoms with E-state index in [4.69, 9.17) is 10.2 Å². The van der Waals surface area contributed by atoms with E-state index in [0.717, 1.165) is 0 Å². The molecule has 1 amide bonds. The van der Waals surface area contributed by atoms with Gasteiger partial charge >= 0.3 is 0 Å². The Labute approximate surface area is 120 Å². The van der Waals surface area contributed by atoms with Gasteiger partial charge in [-0.25, -0.2) is 8.42 Å². The van der Waals surface area contributed by atoms with E-state index < -0.39 is 20.5 Å². The average molecular weight is 306 g/mol. The summed E-state index contributed by atoms with van der Waals surface area (Å²) in [6.07, 6.45) is 0.687. The Morgan fingerprint density at radius 3 is 2.81 bits per heavy atom. The van der Waals surface area contributed by atoms with Crippen molar-refractivity contribution in [3.63, 3.8) is 0 Å². The molecular formula is C13H12N3O4S. The number of nitrogens with zero attached hydrogens (tertiary/aromatic N) is 2. The number of amides is 1. The van der Waals surface area contributed by atoms with E-state index in [1.807, 2.05) is 0 Å². The molecule has 2 saturated heterocycles. The molecule has 0 atom stereocenters. The highest BCUT2D eigenvalue weighted by Gasteiger charge is 2.60. The smallest absolute Gasteiger partial charge is 0.298 e. The van der Waals surface area contributed by atoms with Crippen molar-refractivity contribution >= 4 is 32.9 Å². The van der Waals surface area contributed by atoms with Gasteiger partial charge in [0.05, 0.1) is 11.3 Å². The molecule has 21 heavy (non-hydrogen) atoms. The van der Waals surface area contributed by atoms with Crippen LogP contribution in [0.15, 0.2) is 16.5 Å². The number of carbonyl (C=O) groups is 1. The van der Waals surface area contributed by atoms with Crippen molar-refractivity contribution in [2.45, 2.75) is 11.2 Å². The van der Waals surface area contributed by atoms with Crippen LogP contribution in [0, 0.1) is 6.07 Å². The molecule has 7 nitrogen and oxygen atoms in total. The molecule has 2 aromatic rings. The van der Waals surface area contributed by atoms with Crippen molar-refractivity contribution in [1.82, 2.24) is 4.98 Å². The highest BCUT2D eigenvalue weighted by molar-refractivity contribution is 7.94. The van der Waals surface area contributed by atoms with Crippen molar-refractivity contribution in [2.75, 3.05) is 23.7 Å². The lowest BCUT2D eigenvalue weighted by Crippen LogP contribution is -2.72. The first-order valence-corrected chi connectivity index (χ1v) is 8.15. The first-order chi connectivity index (χ1) is 9.92. The minimum atomic E-state index is -2.97. The molecule has 2 N–H and O–H groups in total. The molecule has 1 spiro atoms. The fourth-order valence-corrected chi connectivity index (χ4v) is 4.72. The van der Waals surface area contributed by atoms with Gasteiger partial charge in [0.2, 0.25) is 0 Å². The summed E-state index contributed by atoms with van der Waals surface area (Å²) in [5.41, 5.74) is 6.25. The van der Waals surface area contributed by atoms with Gasteiger partial charge < -0.3 is 15.1 Å². The second kappa shape index (κ2) is 3.76. The van der Waals surface area contributed by atoms with Gasteiger partial charge in [-0.1, -0.05) is 0 Å². The third-order valence-electron chi connectivity index (χ3n) is 4.30. The van der Waals surface area contributed by atoms with Crippen LogP contribution in [0.1, 0.15) is 16.8 Å². The number of sulfone groups is 1. The van der Waals surface area contributed by atoms with Gasteiger partial charge in [-0.05, 0) is 24.6 Å². The van der Waals surface area contributed by atoms with E-state index in [1.165, 1.54) is 0 Å². The summed E-state index contributed by atoms with van der Waals surface area (Å²) in [5, 5.41) is 0. The summed E-state index contributed by atoms with van der Waals surface area (Å²) in [6, 6.07) is 6.25. The van der Waals surface area contributed by atoms with Gasteiger partial charge in [0.15, 0.2) is 15.4 Å². The van der Waals surface area contributed by atoms with Crippen LogP contribution < -0.4 is 10.6 Å². The molecule has 1 aromatic carbocycles. The molecule has 0 unspecified atom stereocenters. The Kier molecular flexibility index (Phi) is 2.26. The molecule has 8 heteroatoms. The number of aromatic nitrogens is 1. The Morgan fingerprint density at radius 2 is 2.24 bits per heavy atom. The predicted octanol–water partition coefficient (Wildman–Crippen LogP) is 0.104. The number of carbonyl (C=O) groups excluding carboxylic acids is 1. The largest absolute Gasteiger partial charge is 0.423 e. The number of rotatable bonds is 2. The van der Waals surface area contributed by atoms with Gasteiger partial charge in [0.25, 0.3) is 11.9 Å². The first kappa shape index (κ1) is 12.6. The molecule has 2 fully saturated rings. The summed E-state index contributed by atoms with van der Waals surface area (Å²) < 4.78 is 28.5. The zero-order chi connectivity index (χ0) is 14.8. The monoisotopic (exact) mass is 306 g/mol. The number of fused-ring (bicyclic) bond motifs is 1. The molecule has 109 valence electrons. The SMILES string of the molecule is NC(=O)c1[c]ccc2oc(N3CC4(CCS4(=O)=O)C3)nc12. The maximum Gasteiger partial charge on any atom is 0.298 e. The highest BCUT2D eigenvalue weighted by Crippen LogP contribution is 2.44. The molecule has 1 radical (unpaired) electrons. The van der Waals surface area contributed by atoms with Gasteiger partial charge in [0.1, 0.15) is 10.3 Å². The summed E-state index contributed by atoms with van der Waals surface area (Å²) in [4.78, 5) is 17.4. The normalized spacial score (nSPS) is 22.0. The number of hydrogen-bond donors (Lipinski definition) is 1. The van der Waals surface area contributed by atoms with Crippen LogP contribution in [0.3, 0.4) is 0 Å². The van der Waals surface area contributed by atoms with E-state index in [0.29, 0.717) is 36.6 Å². The fourth-order valence-electron chi connectivity index (χ4n) is 2.90.